The zero-order valence-corrected chi connectivity index (χ0v) is 14.8. The Morgan fingerprint density at radius 3 is 2.74 bits per heavy atom. The number of nitrogens with one attached hydrogen (secondary N) is 3. The zero-order chi connectivity index (χ0) is 17.1. The van der Waals surface area contributed by atoms with Crippen molar-refractivity contribution in [2.24, 2.45) is 4.99 Å². The van der Waals surface area contributed by atoms with E-state index in [1.807, 2.05) is 24.3 Å². The molecular formula is C18H30N4O. The van der Waals surface area contributed by atoms with Gasteiger partial charge in [-0.15, -0.1) is 0 Å². The fraction of sp³-hybridized carbons (Fsp3) is 0.556. The number of hydrogen-bond acceptors (Lipinski definition) is 2. The summed E-state index contributed by atoms with van der Waals surface area (Å²) in [6.45, 7) is 5.02. The average Bonchev–Trinajstić information content (AvgIpc) is 2.58. The molecular weight excluding hydrogens is 288 g/mol. The maximum atomic E-state index is 11.7. The first kappa shape index (κ1) is 19.0. The van der Waals surface area contributed by atoms with Crippen molar-refractivity contribution in [1.29, 1.82) is 0 Å². The second-order valence-corrected chi connectivity index (χ2v) is 5.75. The summed E-state index contributed by atoms with van der Waals surface area (Å²) in [5.41, 5.74) is 1.72. The Labute approximate surface area is 140 Å². The van der Waals surface area contributed by atoms with Gasteiger partial charge in [-0.1, -0.05) is 38.3 Å². The number of benzene rings is 1. The summed E-state index contributed by atoms with van der Waals surface area (Å²) in [7, 11) is 3.41. The van der Waals surface area contributed by atoms with E-state index in [1.165, 1.54) is 19.3 Å². The number of hydrogen-bond donors (Lipinski definition) is 3. The molecule has 0 aliphatic carbocycles. The number of carbonyl (C=O) groups is 1. The van der Waals surface area contributed by atoms with E-state index < -0.39 is 0 Å². The molecule has 1 aromatic rings. The molecule has 0 fully saturated rings. The third-order valence-electron chi connectivity index (χ3n) is 3.72. The molecule has 3 N–H and O–H groups in total. The molecule has 0 spiro atoms. The Morgan fingerprint density at radius 1 is 1.30 bits per heavy atom. The SMILES string of the molecule is CCCCCC(C)NC(=NC)NCc1cccc(C(=O)NC)c1. The van der Waals surface area contributed by atoms with E-state index in [9.17, 15) is 4.79 Å². The van der Waals surface area contributed by atoms with E-state index in [4.69, 9.17) is 0 Å². The van der Waals surface area contributed by atoms with Crippen LogP contribution in [0.5, 0.6) is 0 Å². The lowest BCUT2D eigenvalue weighted by Crippen LogP contribution is -2.41. The maximum Gasteiger partial charge on any atom is 0.251 e. The van der Waals surface area contributed by atoms with E-state index in [0.717, 1.165) is 17.9 Å². The van der Waals surface area contributed by atoms with Gasteiger partial charge < -0.3 is 16.0 Å². The van der Waals surface area contributed by atoms with Crippen LogP contribution in [0.2, 0.25) is 0 Å². The van der Waals surface area contributed by atoms with Crippen LogP contribution in [-0.4, -0.2) is 32.0 Å². The quantitative estimate of drug-likeness (QED) is 0.392. The van der Waals surface area contributed by atoms with Crippen LogP contribution >= 0.6 is 0 Å². The highest BCUT2D eigenvalue weighted by atomic mass is 16.1. The van der Waals surface area contributed by atoms with Crippen LogP contribution in [0.1, 0.15) is 55.5 Å². The molecule has 0 radical (unpaired) electrons. The molecule has 5 nitrogen and oxygen atoms in total. The Morgan fingerprint density at radius 2 is 2.09 bits per heavy atom. The van der Waals surface area contributed by atoms with E-state index >= 15 is 0 Å². The minimum Gasteiger partial charge on any atom is -0.355 e. The highest BCUT2D eigenvalue weighted by molar-refractivity contribution is 5.94. The lowest BCUT2D eigenvalue weighted by molar-refractivity contribution is 0.0963. The van der Waals surface area contributed by atoms with E-state index in [2.05, 4.69) is 34.8 Å². The third kappa shape index (κ3) is 7.17. The molecule has 5 heteroatoms. The first-order chi connectivity index (χ1) is 11.1. The number of carbonyl (C=O) groups excluding carboxylic acids is 1. The number of aliphatic imine (C=N–C) groups is 1. The maximum absolute atomic E-state index is 11.7. The van der Waals surface area contributed by atoms with Gasteiger partial charge >= 0.3 is 0 Å². The zero-order valence-electron chi connectivity index (χ0n) is 14.8. The molecule has 0 saturated carbocycles. The molecule has 0 saturated heterocycles. The summed E-state index contributed by atoms with van der Waals surface area (Å²) in [5.74, 6) is 0.721. The van der Waals surface area contributed by atoms with Crippen LogP contribution in [0, 0.1) is 0 Å². The molecule has 0 aliphatic heterocycles. The highest BCUT2D eigenvalue weighted by Gasteiger charge is 2.06. The summed E-state index contributed by atoms with van der Waals surface area (Å²) in [6, 6.07) is 7.99. The van der Waals surface area contributed by atoms with E-state index in [1.54, 1.807) is 14.1 Å². The molecule has 1 unspecified atom stereocenters. The van der Waals surface area contributed by atoms with Crippen LogP contribution in [0.15, 0.2) is 29.3 Å². The average molecular weight is 318 g/mol. The second kappa shape index (κ2) is 10.6. The lowest BCUT2D eigenvalue weighted by Gasteiger charge is -2.18. The largest absolute Gasteiger partial charge is 0.355 e. The number of rotatable bonds is 8. The van der Waals surface area contributed by atoms with Gasteiger partial charge in [0.25, 0.3) is 5.91 Å². The van der Waals surface area contributed by atoms with E-state index in [0.29, 0.717) is 18.2 Å². The van der Waals surface area contributed by atoms with Crippen molar-refractivity contribution in [3.05, 3.63) is 35.4 Å². The normalized spacial score (nSPS) is 12.6. The van der Waals surface area contributed by atoms with Gasteiger partial charge in [0.05, 0.1) is 0 Å². The smallest absolute Gasteiger partial charge is 0.251 e. The van der Waals surface area contributed by atoms with Gasteiger partial charge in [0.1, 0.15) is 0 Å². The van der Waals surface area contributed by atoms with Crippen LogP contribution < -0.4 is 16.0 Å². The number of guanidine groups is 1. The van der Waals surface area contributed by atoms with Crippen LogP contribution in [-0.2, 0) is 6.54 Å². The van der Waals surface area contributed by atoms with E-state index in [-0.39, 0.29) is 5.91 Å². The Hall–Kier alpha value is -2.04. The summed E-state index contributed by atoms with van der Waals surface area (Å²) in [5, 5.41) is 9.34. The Balaban J connectivity index is 2.50. The van der Waals surface area contributed by atoms with Crippen molar-refractivity contribution in [1.82, 2.24) is 16.0 Å². The molecule has 0 aliphatic rings. The van der Waals surface area contributed by atoms with Gasteiger partial charge in [0, 0.05) is 32.2 Å². The predicted octanol–water partition coefficient (Wildman–Crippen LogP) is 2.68. The third-order valence-corrected chi connectivity index (χ3v) is 3.72. The lowest BCUT2D eigenvalue weighted by atomic mass is 10.1. The van der Waals surface area contributed by atoms with Gasteiger partial charge in [-0.2, -0.15) is 0 Å². The molecule has 0 heterocycles. The molecule has 1 aromatic carbocycles. The van der Waals surface area contributed by atoms with Gasteiger partial charge in [-0.05, 0) is 31.0 Å². The van der Waals surface area contributed by atoms with Gasteiger partial charge in [0.15, 0.2) is 5.96 Å². The summed E-state index contributed by atoms with van der Waals surface area (Å²) in [6.07, 6.45) is 4.88. The van der Waals surface area contributed by atoms with Crippen molar-refractivity contribution < 1.29 is 4.79 Å². The van der Waals surface area contributed by atoms with Gasteiger partial charge in [0.2, 0.25) is 0 Å². The number of nitrogens with zero attached hydrogens (tertiary/aromatic N) is 1. The minimum atomic E-state index is -0.0705. The molecule has 1 rings (SSSR count). The van der Waals surface area contributed by atoms with Crippen molar-refractivity contribution in [2.45, 2.75) is 52.1 Å². The predicted molar refractivity (Wildman–Crippen MR) is 96.8 cm³/mol. The molecule has 0 bridgehead atoms. The standard InChI is InChI=1S/C18H30N4O/c1-5-6-7-9-14(2)22-18(20-4)21-13-15-10-8-11-16(12-15)17(23)19-3/h8,10-12,14H,5-7,9,13H2,1-4H3,(H,19,23)(H2,20,21,22). The molecule has 0 aromatic heterocycles. The fourth-order valence-electron chi connectivity index (χ4n) is 2.35. The molecule has 1 amide bonds. The molecule has 1 atom stereocenters. The van der Waals surface area contributed by atoms with Crippen molar-refractivity contribution >= 4 is 11.9 Å². The fourth-order valence-corrected chi connectivity index (χ4v) is 2.35. The van der Waals surface area contributed by atoms with Crippen LogP contribution in [0.3, 0.4) is 0 Å². The Bertz CT molecular complexity index is 513. The summed E-state index contributed by atoms with van der Waals surface area (Å²) in [4.78, 5) is 15.9. The highest BCUT2D eigenvalue weighted by Crippen LogP contribution is 2.05. The second-order valence-electron chi connectivity index (χ2n) is 5.75. The number of amides is 1. The summed E-state index contributed by atoms with van der Waals surface area (Å²) < 4.78 is 0. The van der Waals surface area contributed by atoms with Crippen molar-refractivity contribution in [3.63, 3.8) is 0 Å². The van der Waals surface area contributed by atoms with Gasteiger partial charge in [-0.3, -0.25) is 9.79 Å². The molecule has 23 heavy (non-hydrogen) atoms. The van der Waals surface area contributed by atoms with Gasteiger partial charge in [-0.25, -0.2) is 0 Å². The topological polar surface area (TPSA) is 65.5 Å². The first-order valence-corrected chi connectivity index (χ1v) is 8.38. The monoisotopic (exact) mass is 318 g/mol. The van der Waals surface area contributed by atoms with Crippen molar-refractivity contribution in [2.75, 3.05) is 14.1 Å². The minimum absolute atomic E-state index is 0.0705. The van der Waals surface area contributed by atoms with Crippen molar-refractivity contribution in [3.8, 4) is 0 Å². The first-order valence-electron chi connectivity index (χ1n) is 8.38. The van der Waals surface area contributed by atoms with Crippen LogP contribution in [0.4, 0.5) is 0 Å². The Kier molecular flexibility index (Phi) is 8.80. The molecule has 128 valence electrons. The summed E-state index contributed by atoms with van der Waals surface area (Å²) >= 11 is 0. The van der Waals surface area contributed by atoms with Crippen LogP contribution in [0.25, 0.3) is 0 Å². The number of unbranched alkanes of at least 4 members (excludes halogenated alkanes) is 2.